The molecule has 4 rings (SSSR count). The molecule has 1 heterocycles. The van der Waals surface area contributed by atoms with Crippen molar-refractivity contribution in [1.29, 1.82) is 0 Å². The summed E-state index contributed by atoms with van der Waals surface area (Å²) in [6.45, 7) is 8.97. The van der Waals surface area contributed by atoms with E-state index in [4.69, 9.17) is 0 Å². The number of likely N-dealkylation sites (tertiary alicyclic amines) is 1. The summed E-state index contributed by atoms with van der Waals surface area (Å²) < 4.78 is 66.7. The van der Waals surface area contributed by atoms with Crippen molar-refractivity contribution >= 4 is 0 Å². The zero-order valence-electron chi connectivity index (χ0n) is 21.8. The first kappa shape index (κ1) is 27.6. The highest BCUT2D eigenvalue weighted by atomic mass is 19.4. The number of nitrogens with one attached hydrogen (secondary N) is 1. The molecule has 1 saturated carbocycles. The Labute approximate surface area is 212 Å². The van der Waals surface area contributed by atoms with E-state index in [1.807, 2.05) is 0 Å². The van der Waals surface area contributed by atoms with Gasteiger partial charge in [-0.25, -0.2) is 8.78 Å². The van der Waals surface area contributed by atoms with Gasteiger partial charge in [0, 0.05) is 18.6 Å². The average Bonchev–Trinajstić information content (AvgIpc) is 3.29. The molecule has 36 heavy (non-hydrogen) atoms. The fourth-order valence-electron chi connectivity index (χ4n) is 7.03. The highest BCUT2D eigenvalue weighted by Gasteiger charge is 2.47. The molecule has 2 nitrogen and oxygen atoms in total. The quantitative estimate of drug-likeness (QED) is 0.298. The molecule has 1 N–H and O–H groups in total. The van der Waals surface area contributed by atoms with Gasteiger partial charge in [0.15, 0.2) is 0 Å². The summed E-state index contributed by atoms with van der Waals surface area (Å²) in [7, 11) is 0. The number of alkyl halides is 4. The monoisotopic (exact) mass is 512 g/mol. The Bertz CT molecular complexity index is 919. The third kappa shape index (κ3) is 6.15. The average molecular weight is 513 g/mol. The van der Waals surface area contributed by atoms with Crippen LogP contribution in [-0.4, -0.2) is 36.2 Å². The standard InChI is InChI=1S/C29H41F5N2/c1-19(2)28(20(3)35-18-21-14-24(29(32,33)34)16-26(31)15-21)11-8-27(17-28)36-12-9-23(10-13-36)22-4-6-25(30)7-5-22/h4,14-16,19-20,23,25,27,35H,5-13,17-18H2,1-3H3. The number of piperidine rings is 1. The second kappa shape index (κ2) is 11.1. The SMILES string of the molecule is CC(C)C1(C(C)NCc2cc(F)cc(C(F)(F)F)c2)CCC(N2CCC(C3=CCC(F)CC3)CC2)C1. The highest BCUT2D eigenvalue weighted by Crippen LogP contribution is 2.49. The van der Waals surface area contributed by atoms with E-state index in [9.17, 15) is 22.0 Å². The van der Waals surface area contributed by atoms with Crippen molar-refractivity contribution in [2.45, 2.75) is 103 Å². The van der Waals surface area contributed by atoms with Crippen molar-refractivity contribution in [3.05, 3.63) is 46.8 Å². The Morgan fingerprint density at radius 1 is 1.06 bits per heavy atom. The van der Waals surface area contributed by atoms with Crippen LogP contribution in [0.25, 0.3) is 0 Å². The minimum Gasteiger partial charge on any atom is -0.310 e. The van der Waals surface area contributed by atoms with Crippen molar-refractivity contribution in [3.8, 4) is 0 Å². The Balaban J connectivity index is 1.35. The molecule has 1 saturated heterocycles. The van der Waals surface area contributed by atoms with Crippen molar-refractivity contribution in [2.75, 3.05) is 13.1 Å². The van der Waals surface area contributed by atoms with E-state index in [0.717, 1.165) is 57.7 Å². The van der Waals surface area contributed by atoms with Gasteiger partial charge in [0.05, 0.1) is 5.56 Å². The predicted octanol–water partition coefficient (Wildman–Crippen LogP) is 7.68. The van der Waals surface area contributed by atoms with E-state index in [1.54, 1.807) is 0 Å². The van der Waals surface area contributed by atoms with E-state index in [1.165, 1.54) is 11.6 Å². The van der Waals surface area contributed by atoms with Crippen LogP contribution in [0.3, 0.4) is 0 Å². The van der Waals surface area contributed by atoms with E-state index < -0.39 is 23.7 Å². The van der Waals surface area contributed by atoms with Crippen molar-refractivity contribution in [1.82, 2.24) is 10.2 Å². The van der Waals surface area contributed by atoms with E-state index >= 15 is 0 Å². The summed E-state index contributed by atoms with van der Waals surface area (Å²) in [5, 5.41) is 3.46. The summed E-state index contributed by atoms with van der Waals surface area (Å²) >= 11 is 0. The van der Waals surface area contributed by atoms with Gasteiger partial charge in [0.2, 0.25) is 0 Å². The van der Waals surface area contributed by atoms with Crippen LogP contribution >= 0.6 is 0 Å². The smallest absolute Gasteiger partial charge is 0.310 e. The van der Waals surface area contributed by atoms with Gasteiger partial charge in [-0.2, -0.15) is 13.2 Å². The fourth-order valence-corrected chi connectivity index (χ4v) is 7.03. The molecule has 7 heteroatoms. The molecule has 2 fully saturated rings. The maximum Gasteiger partial charge on any atom is 0.416 e. The first-order valence-corrected chi connectivity index (χ1v) is 13.6. The molecular formula is C29H41F5N2. The van der Waals surface area contributed by atoms with Crippen LogP contribution in [-0.2, 0) is 12.7 Å². The number of halogens is 5. The molecule has 0 aromatic heterocycles. The lowest BCUT2D eigenvalue weighted by molar-refractivity contribution is -0.137. The van der Waals surface area contributed by atoms with Crippen LogP contribution < -0.4 is 5.32 Å². The van der Waals surface area contributed by atoms with Crippen LogP contribution in [0, 0.1) is 23.1 Å². The van der Waals surface area contributed by atoms with Crippen molar-refractivity contribution in [3.63, 3.8) is 0 Å². The zero-order chi connectivity index (χ0) is 26.1. The van der Waals surface area contributed by atoms with Gasteiger partial charge in [-0.1, -0.05) is 25.5 Å². The van der Waals surface area contributed by atoms with Crippen LogP contribution in [0.15, 0.2) is 29.8 Å². The van der Waals surface area contributed by atoms with Gasteiger partial charge in [-0.05, 0) is 112 Å². The molecule has 0 bridgehead atoms. The third-order valence-electron chi connectivity index (χ3n) is 9.42. The van der Waals surface area contributed by atoms with Gasteiger partial charge < -0.3 is 10.2 Å². The highest BCUT2D eigenvalue weighted by molar-refractivity contribution is 5.27. The van der Waals surface area contributed by atoms with Crippen LogP contribution in [0.1, 0.15) is 83.3 Å². The Morgan fingerprint density at radius 2 is 1.78 bits per heavy atom. The maximum absolute atomic E-state index is 13.9. The predicted molar refractivity (Wildman–Crippen MR) is 134 cm³/mol. The summed E-state index contributed by atoms with van der Waals surface area (Å²) in [6, 6.07) is 3.39. The molecule has 3 aliphatic rings. The number of rotatable bonds is 7. The molecule has 4 unspecified atom stereocenters. The van der Waals surface area contributed by atoms with Gasteiger partial charge in [-0.15, -0.1) is 0 Å². The second-order valence-electron chi connectivity index (χ2n) is 11.7. The molecule has 1 aromatic carbocycles. The van der Waals surface area contributed by atoms with Crippen LogP contribution in [0.2, 0.25) is 0 Å². The lowest BCUT2D eigenvalue weighted by Crippen LogP contribution is -2.47. The maximum atomic E-state index is 13.9. The largest absolute Gasteiger partial charge is 0.416 e. The first-order valence-electron chi connectivity index (χ1n) is 13.6. The number of nitrogens with zero attached hydrogens (tertiary/aromatic N) is 1. The van der Waals surface area contributed by atoms with Gasteiger partial charge in [0.1, 0.15) is 12.0 Å². The zero-order valence-corrected chi connectivity index (χ0v) is 21.8. The summed E-state index contributed by atoms with van der Waals surface area (Å²) in [5.74, 6) is 0.158. The lowest BCUT2D eigenvalue weighted by atomic mass is 9.70. The minimum atomic E-state index is -4.56. The van der Waals surface area contributed by atoms with E-state index in [0.29, 0.717) is 42.3 Å². The van der Waals surface area contributed by atoms with Gasteiger partial charge in [0.25, 0.3) is 0 Å². The van der Waals surface area contributed by atoms with Crippen molar-refractivity contribution < 1.29 is 22.0 Å². The Hall–Kier alpha value is -1.47. The molecule has 0 radical (unpaired) electrons. The fraction of sp³-hybridized carbons (Fsp3) is 0.724. The number of hydrogen-bond donors (Lipinski definition) is 1. The molecule has 0 spiro atoms. The van der Waals surface area contributed by atoms with Gasteiger partial charge >= 0.3 is 6.18 Å². The second-order valence-corrected chi connectivity index (χ2v) is 11.7. The van der Waals surface area contributed by atoms with E-state index in [-0.39, 0.29) is 18.0 Å². The molecular weight excluding hydrogens is 471 g/mol. The Kier molecular flexibility index (Phi) is 8.50. The molecule has 1 aromatic rings. The van der Waals surface area contributed by atoms with Crippen LogP contribution in [0.5, 0.6) is 0 Å². The van der Waals surface area contributed by atoms with E-state index in [2.05, 4.69) is 37.1 Å². The van der Waals surface area contributed by atoms with Gasteiger partial charge in [-0.3, -0.25) is 0 Å². The molecule has 0 amide bonds. The topological polar surface area (TPSA) is 15.3 Å². The first-order chi connectivity index (χ1) is 17.0. The normalized spacial score (nSPS) is 29.5. The van der Waals surface area contributed by atoms with Crippen molar-refractivity contribution in [2.24, 2.45) is 17.3 Å². The molecule has 1 aliphatic heterocycles. The number of hydrogen-bond acceptors (Lipinski definition) is 2. The minimum absolute atomic E-state index is 0.0454. The molecule has 4 atom stereocenters. The summed E-state index contributed by atoms with van der Waals surface area (Å²) in [4.78, 5) is 2.64. The van der Waals surface area contributed by atoms with Crippen LogP contribution in [0.4, 0.5) is 22.0 Å². The molecule has 2 aliphatic carbocycles. The third-order valence-corrected chi connectivity index (χ3v) is 9.42. The number of allylic oxidation sites excluding steroid dienone is 2. The number of benzene rings is 1. The molecule has 202 valence electrons. The lowest BCUT2D eigenvalue weighted by Gasteiger charge is -2.42. The summed E-state index contributed by atoms with van der Waals surface area (Å²) in [5.41, 5.74) is 0.892. The Morgan fingerprint density at radius 3 is 2.39 bits per heavy atom. The summed E-state index contributed by atoms with van der Waals surface area (Å²) in [6.07, 6.45) is 4.62.